The number of aromatic nitrogens is 2. The lowest BCUT2D eigenvalue weighted by Gasteiger charge is -2.15. The van der Waals surface area contributed by atoms with Crippen molar-refractivity contribution in [2.45, 2.75) is 6.42 Å². The summed E-state index contributed by atoms with van der Waals surface area (Å²) in [5, 5.41) is 0. The second kappa shape index (κ2) is 5.40. The molecule has 0 fully saturated rings. The molecule has 0 saturated carbocycles. The summed E-state index contributed by atoms with van der Waals surface area (Å²) in [5.41, 5.74) is 5.41. The number of rotatable bonds is 4. The Balaban J connectivity index is 2.56. The smallest absolute Gasteiger partial charge is 0.225 e. The molecule has 0 saturated heterocycles. The molecule has 1 aromatic rings. The molecule has 1 aromatic heterocycles. The zero-order valence-corrected chi connectivity index (χ0v) is 10.7. The highest BCUT2D eigenvalue weighted by atomic mass is 127. The van der Waals surface area contributed by atoms with Crippen LogP contribution in [0.4, 0.5) is 5.95 Å². The molecule has 0 aliphatic rings. The Morgan fingerprint density at radius 1 is 1.57 bits per heavy atom. The fourth-order valence-corrected chi connectivity index (χ4v) is 1.25. The Morgan fingerprint density at radius 3 is 2.64 bits per heavy atom. The molecule has 0 aliphatic carbocycles. The second-order valence-corrected chi connectivity index (χ2v) is 4.61. The first-order valence-electron chi connectivity index (χ1n) is 4.06. The summed E-state index contributed by atoms with van der Waals surface area (Å²) in [4.78, 5) is 10.8. The minimum absolute atomic E-state index is 0.516. The lowest BCUT2D eigenvalue weighted by molar-refractivity contribution is 0.868. The zero-order chi connectivity index (χ0) is 10.6. The van der Waals surface area contributed by atoms with Crippen LogP contribution in [0.2, 0.25) is 0 Å². The van der Waals surface area contributed by atoms with E-state index in [4.69, 9.17) is 18.0 Å². The lowest BCUT2D eigenvalue weighted by Crippen LogP contribution is -2.24. The first-order chi connectivity index (χ1) is 6.59. The third kappa shape index (κ3) is 3.70. The normalized spacial score (nSPS) is 9.86. The molecular weight excluding hydrogens is 311 g/mol. The molecule has 0 atom stereocenters. The quantitative estimate of drug-likeness (QED) is 0.667. The average molecular weight is 322 g/mol. The predicted molar refractivity (Wildman–Crippen MR) is 69.4 cm³/mol. The number of hydrogen-bond donors (Lipinski definition) is 1. The highest BCUT2D eigenvalue weighted by molar-refractivity contribution is 14.1. The van der Waals surface area contributed by atoms with E-state index in [1.54, 1.807) is 12.4 Å². The zero-order valence-electron chi connectivity index (χ0n) is 7.77. The number of nitrogens with zero attached hydrogens (tertiary/aromatic N) is 3. The van der Waals surface area contributed by atoms with Gasteiger partial charge in [-0.05, 0) is 22.6 Å². The van der Waals surface area contributed by atoms with E-state index in [2.05, 4.69) is 32.6 Å². The largest absolute Gasteiger partial charge is 0.393 e. The molecule has 0 radical (unpaired) electrons. The van der Waals surface area contributed by atoms with Crippen LogP contribution in [0.15, 0.2) is 12.4 Å². The number of thiocarbonyl (C=S) groups is 1. The summed E-state index contributed by atoms with van der Waals surface area (Å²) in [6, 6.07) is 0. The van der Waals surface area contributed by atoms with Crippen molar-refractivity contribution in [2.75, 3.05) is 18.5 Å². The van der Waals surface area contributed by atoms with E-state index in [1.807, 2.05) is 11.9 Å². The van der Waals surface area contributed by atoms with Gasteiger partial charge in [-0.3, -0.25) is 0 Å². The second-order valence-electron chi connectivity index (χ2n) is 2.84. The van der Waals surface area contributed by atoms with Gasteiger partial charge in [0.1, 0.15) is 0 Å². The van der Waals surface area contributed by atoms with Gasteiger partial charge in [-0.2, -0.15) is 0 Å². The monoisotopic (exact) mass is 322 g/mol. The summed E-state index contributed by atoms with van der Waals surface area (Å²) in [5.74, 6) is 0.696. The van der Waals surface area contributed by atoms with Crippen molar-refractivity contribution in [1.82, 2.24) is 9.97 Å². The van der Waals surface area contributed by atoms with Gasteiger partial charge in [0.05, 0.1) is 4.99 Å². The minimum Gasteiger partial charge on any atom is -0.393 e. The van der Waals surface area contributed by atoms with Crippen LogP contribution < -0.4 is 10.6 Å². The van der Waals surface area contributed by atoms with E-state index in [1.165, 1.54) is 0 Å². The molecule has 2 N–H and O–H groups in total. The van der Waals surface area contributed by atoms with Gasteiger partial charge in [0.2, 0.25) is 5.95 Å². The predicted octanol–water partition coefficient (Wildman–Crippen LogP) is 1.19. The molecule has 0 amide bonds. The number of nitrogens with two attached hydrogens (primary N) is 1. The Hall–Kier alpha value is -0.500. The van der Waals surface area contributed by atoms with Crippen molar-refractivity contribution in [3.63, 3.8) is 0 Å². The van der Waals surface area contributed by atoms with Crippen molar-refractivity contribution in [3.8, 4) is 0 Å². The fourth-order valence-electron chi connectivity index (χ4n) is 0.880. The molecule has 0 unspecified atom stereocenters. The van der Waals surface area contributed by atoms with Crippen molar-refractivity contribution in [3.05, 3.63) is 16.0 Å². The van der Waals surface area contributed by atoms with Crippen LogP contribution in [0.25, 0.3) is 0 Å². The number of hydrogen-bond acceptors (Lipinski definition) is 4. The van der Waals surface area contributed by atoms with Crippen LogP contribution in [-0.4, -0.2) is 28.5 Å². The highest BCUT2D eigenvalue weighted by Crippen LogP contribution is 2.06. The van der Waals surface area contributed by atoms with Crippen LogP contribution in [-0.2, 0) is 0 Å². The molecular formula is C8H11IN4S. The van der Waals surface area contributed by atoms with Crippen molar-refractivity contribution in [2.24, 2.45) is 5.73 Å². The molecule has 14 heavy (non-hydrogen) atoms. The molecule has 76 valence electrons. The Kier molecular flexibility index (Phi) is 4.46. The van der Waals surface area contributed by atoms with Crippen LogP contribution in [0.3, 0.4) is 0 Å². The Bertz CT molecular complexity index is 314. The minimum atomic E-state index is 0.516. The molecule has 0 bridgehead atoms. The summed E-state index contributed by atoms with van der Waals surface area (Å²) in [6.07, 6.45) is 4.24. The molecule has 0 aromatic carbocycles. The first-order valence-corrected chi connectivity index (χ1v) is 5.55. The van der Waals surface area contributed by atoms with Gasteiger partial charge in [0.25, 0.3) is 0 Å². The van der Waals surface area contributed by atoms with Crippen molar-refractivity contribution < 1.29 is 0 Å². The lowest BCUT2D eigenvalue weighted by atomic mass is 10.4. The third-order valence-electron chi connectivity index (χ3n) is 1.64. The van der Waals surface area contributed by atoms with Gasteiger partial charge < -0.3 is 10.6 Å². The molecule has 1 rings (SSSR count). The molecule has 4 nitrogen and oxygen atoms in total. The summed E-state index contributed by atoms with van der Waals surface area (Å²) >= 11 is 6.96. The van der Waals surface area contributed by atoms with Gasteiger partial charge in [-0.1, -0.05) is 12.2 Å². The van der Waals surface area contributed by atoms with Gasteiger partial charge in [0.15, 0.2) is 0 Å². The highest BCUT2D eigenvalue weighted by Gasteiger charge is 2.03. The fraction of sp³-hybridized carbons (Fsp3) is 0.375. The maximum atomic E-state index is 5.41. The van der Waals surface area contributed by atoms with Crippen LogP contribution in [0, 0.1) is 3.57 Å². The van der Waals surface area contributed by atoms with Gasteiger partial charge >= 0.3 is 0 Å². The van der Waals surface area contributed by atoms with Crippen LogP contribution in [0.5, 0.6) is 0 Å². The number of halogens is 1. The third-order valence-corrected chi connectivity index (χ3v) is 2.40. The van der Waals surface area contributed by atoms with Crippen molar-refractivity contribution >= 4 is 45.7 Å². The van der Waals surface area contributed by atoms with Gasteiger partial charge in [-0.25, -0.2) is 9.97 Å². The standard InChI is InChI=1S/C8H11IN4S/c1-13(3-2-7(10)14)8-11-4-6(9)5-12-8/h4-5H,2-3H2,1H3,(H2,10,14). The van der Waals surface area contributed by atoms with Gasteiger partial charge in [-0.15, -0.1) is 0 Å². The average Bonchev–Trinajstić information content (AvgIpc) is 2.15. The molecule has 0 aliphatic heterocycles. The maximum absolute atomic E-state index is 5.41. The van der Waals surface area contributed by atoms with Crippen LogP contribution in [0.1, 0.15) is 6.42 Å². The van der Waals surface area contributed by atoms with E-state index in [0.717, 1.165) is 10.1 Å². The maximum Gasteiger partial charge on any atom is 0.225 e. The van der Waals surface area contributed by atoms with E-state index in [-0.39, 0.29) is 0 Å². The van der Waals surface area contributed by atoms with Crippen LogP contribution >= 0.6 is 34.8 Å². The Morgan fingerprint density at radius 2 is 2.14 bits per heavy atom. The van der Waals surface area contributed by atoms with E-state index in [0.29, 0.717) is 17.4 Å². The van der Waals surface area contributed by atoms with Crippen molar-refractivity contribution in [1.29, 1.82) is 0 Å². The SMILES string of the molecule is CN(CCC(N)=S)c1ncc(I)cn1. The topological polar surface area (TPSA) is 55.0 Å². The summed E-state index contributed by atoms with van der Waals surface area (Å²) in [7, 11) is 1.92. The molecule has 0 spiro atoms. The molecule has 1 heterocycles. The van der Waals surface area contributed by atoms with E-state index in [9.17, 15) is 0 Å². The Labute approximate surface area is 102 Å². The number of anilines is 1. The van der Waals surface area contributed by atoms with E-state index < -0.39 is 0 Å². The van der Waals surface area contributed by atoms with E-state index >= 15 is 0 Å². The summed E-state index contributed by atoms with van der Waals surface area (Å²) < 4.78 is 1.02. The van der Waals surface area contributed by atoms with Gasteiger partial charge in [0, 0.05) is 36.0 Å². The molecule has 6 heteroatoms. The first kappa shape index (κ1) is 11.6. The summed E-state index contributed by atoms with van der Waals surface area (Å²) in [6.45, 7) is 0.746.